The van der Waals surface area contributed by atoms with E-state index < -0.39 is 0 Å². The normalized spacial score (nSPS) is 22.4. The van der Waals surface area contributed by atoms with Crippen molar-refractivity contribution in [1.82, 2.24) is 5.32 Å². The van der Waals surface area contributed by atoms with Crippen LogP contribution in [0.2, 0.25) is 0 Å². The zero-order valence-corrected chi connectivity index (χ0v) is 9.66. The summed E-state index contributed by atoms with van der Waals surface area (Å²) in [6.45, 7) is 3.03. The molecule has 1 aliphatic rings. The van der Waals surface area contributed by atoms with Gasteiger partial charge in [-0.15, -0.1) is 0 Å². The second-order valence-electron chi connectivity index (χ2n) is 4.24. The Morgan fingerprint density at radius 2 is 2.40 bits per heavy atom. The number of ether oxygens (including phenoxy) is 1. The molecule has 3 nitrogen and oxygen atoms in total. The molecule has 1 aliphatic carbocycles. The van der Waals surface area contributed by atoms with Crippen LogP contribution in [-0.4, -0.2) is 25.7 Å². The van der Waals surface area contributed by atoms with Gasteiger partial charge in [0.1, 0.15) is 0 Å². The van der Waals surface area contributed by atoms with Crippen molar-refractivity contribution in [3.8, 4) is 0 Å². The predicted octanol–water partition coefficient (Wildman–Crippen LogP) is 1.88. The molecule has 0 saturated carbocycles. The lowest BCUT2D eigenvalue weighted by atomic mass is 9.94. The number of esters is 1. The average Bonchev–Trinajstić information content (AvgIpc) is 2.27. The molecule has 0 fully saturated rings. The summed E-state index contributed by atoms with van der Waals surface area (Å²) in [5.74, 6) is 0.591. The van der Waals surface area contributed by atoms with Gasteiger partial charge in [-0.2, -0.15) is 0 Å². The highest BCUT2D eigenvalue weighted by Crippen LogP contribution is 2.17. The number of allylic oxidation sites excluding steroid dienone is 2. The number of hydrogen-bond acceptors (Lipinski definition) is 3. The Morgan fingerprint density at radius 1 is 1.60 bits per heavy atom. The molecule has 15 heavy (non-hydrogen) atoms. The van der Waals surface area contributed by atoms with Crippen LogP contribution in [0.4, 0.5) is 0 Å². The van der Waals surface area contributed by atoms with Crippen molar-refractivity contribution in [1.29, 1.82) is 0 Å². The van der Waals surface area contributed by atoms with Crippen LogP contribution < -0.4 is 5.32 Å². The van der Waals surface area contributed by atoms with Crippen molar-refractivity contribution in [3.05, 3.63) is 12.2 Å². The minimum absolute atomic E-state index is 0.140. The highest BCUT2D eigenvalue weighted by Gasteiger charge is 2.13. The van der Waals surface area contributed by atoms with E-state index in [1.54, 1.807) is 0 Å². The largest absolute Gasteiger partial charge is 0.469 e. The van der Waals surface area contributed by atoms with Gasteiger partial charge in [-0.05, 0) is 38.6 Å². The monoisotopic (exact) mass is 211 g/mol. The van der Waals surface area contributed by atoms with Crippen molar-refractivity contribution in [2.75, 3.05) is 13.7 Å². The van der Waals surface area contributed by atoms with Crippen molar-refractivity contribution >= 4 is 5.97 Å². The Morgan fingerprint density at radius 3 is 3.00 bits per heavy atom. The first-order valence-corrected chi connectivity index (χ1v) is 5.67. The van der Waals surface area contributed by atoms with Crippen LogP contribution in [-0.2, 0) is 9.53 Å². The topological polar surface area (TPSA) is 38.3 Å². The van der Waals surface area contributed by atoms with Gasteiger partial charge in [-0.1, -0.05) is 12.2 Å². The molecule has 0 saturated heterocycles. The summed E-state index contributed by atoms with van der Waals surface area (Å²) in [6, 6.07) is 0.211. The zero-order chi connectivity index (χ0) is 11.1. The van der Waals surface area contributed by atoms with Gasteiger partial charge in [-0.3, -0.25) is 4.79 Å². The van der Waals surface area contributed by atoms with Gasteiger partial charge in [0.05, 0.1) is 13.5 Å². The molecule has 86 valence electrons. The number of hydrogen-bond donors (Lipinski definition) is 1. The van der Waals surface area contributed by atoms with Crippen molar-refractivity contribution in [2.45, 2.75) is 38.6 Å². The van der Waals surface area contributed by atoms with E-state index in [-0.39, 0.29) is 12.0 Å². The number of carbonyl (C=O) groups is 1. The fourth-order valence-corrected chi connectivity index (χ4v) is 1.82. The summed E-state index contributed by atoms with van der Waals surface area (Å²) in [6.07, 6.45) is 8.57. The third-order valence-electron chi connectivity index (χ3n) is 2.83. The molecule has 2 unspecified atom stereocenters. The Balaban J connectivity index is 2.13. The van der Waals surface area contributed by atoms with Gasteiger partial charge < -0.3 is 10.1 Å². The van der Waals surface area contributed by atoms with Crippen LogP contribution in [0.5, 0.6) is 0 Å². The van der Waals surface area contributed by atoms with Crippen molar-refractivity contribution in [3.63, 3.8) is 0 Å². The molecule has 0 aliphatic heterocycles. The third kappa shape index (κ3) is 4.98. The molecular weight excluding hydrogens is 190 g/mol. The van der Waals surface area contributed by atoms with Gasteiger partial charge in [0, 0.05) is 6.04 Å². The van der Waals surface area contributed by atoms with Crippen LogP contribution in [0.25, 0.3) is 0 Å². The highest BCUT2D eigenvalue weighted by atomic mass is 16.5. The SMILES string of the molecule is COC(=O)CC(C)NCC1CC=CCC1. The zero-order valence-electron chi connectivity index (χ0n) is 9.66. The van der Waals surface area contributed by atoms with Crippen molar-refractivity contribution < 1.29 is 9.53 Å². The quantitative estimate of drug-likeness (QED) is 0.557. The highest BCUT2D eigenvalue weighted by molar-refractivity contribution is 5.69. The van der Waals surface area contributed by atoms with E-state index in [1.165, 1.54) is 20.0 Å². The summed E-state index contributed by atoms with van der Waals surface area (Å²) in [4.78, 5) is 11.0. The van der Waals surface area contributed by atoms with E-state index >= 15 is 0 Å². The molecule has 0 aromatic rings. The Hall–Kier alpha value is -0.830. The van der Waals surface area contributed by atoms with E-state index in [1.807, 2.05) is 6.92 Å². The van der Waals surface area contributed by atoms with Gasteiger partial charge in [-0.25, -0.2) is 0 Å². The molecule has 0 bridgehead atoms. The fraction of sp³-hybridized carbons (Fsp3) is 0.750. The summed E-state index contributed by atoms with van der Waals surface area (Å²) in [5, 5.41) is 3.38. The number of carbonyl (C=O) groups excluding carboxylic acids is 1. The molecular formula is C12H21NO2. The molecule has 0 amide bonds. The summed E-state index contributed by atoms with van der Waals surface area (Å²) in [5.41, 5.74) is 0. The van der Waals surface area contributed by atoms with E-state index in [2.05, 4.69) is 22.2 Å². The molecule has 0 radical (unpaired) electrons. The minimum Gasteiger partial charge on any atom is -0.469 e. The lowest BCUT2D eigenvalue weighted by Crippen LogP contribution is -2.33. The number of methoxy groups -OCH3 is 1. The average molecular weight is 211 g/mol. The molecule has 2 atom stereocenters. The first-order valence-electron chi connectivity index (χ1n) is 5.67. The van der Waals surface area contributed by atoms with Crippen LogP contribution in [0.3, 0.4) is 0 Å². The molecule has 0 spiro atoms. The Bertz CT molecular complexity index is 226. The summed E-state index contributed by atoms with van der Waals surface area (Å²) < 4.78 is 4.62. The third-order valence-corrected chi connectivity index (χ3v) is 2.83. The Labute approximate surface area is 91.9 Å². The van der Waals surface area contributed by atoms with Gasteiger partial charge in [0.15, 0.2) is 0 Å². The van der Waals surface area contributed by atoms with Crippen LogP contribution in [0.15, 0.2) is 12.2 Å². The fourth-order valence-electron chi connectivity index (χ4n) is 1.82. The maximum absolute atomic E-state index is 11.0. The lowest BCUT2D eigenvalue weighted by molar-refractivity contribution is -0.141. The minimum atomic E-state index is -0.140. The van der Waals surface area contributed by atoms with Crippen molar-refractivity contribution in [2.24, 2.45) is 5.92 Å². The van der Waals surface area contributed by atoms with Crippen LogP contribution in [0, 0.1) is 5.92 Å². The van der Waals surface area contributed by atoms with E-state index in [9.17, 15) is 4.79 Å². The molecule has 0 aromatic carbocycles. The molecule has 3 heteroatoms. The maximum Gasteiger partial charge on any atom is 0.307 e. The first-order chi connectivity index (χ1) is 7.22. The van der Waals surface area contributed by atoms with Gasteiger partial charge >= 0.3 is 5.97 Å². The molecule has 1 rings (SSSR count). The second-order valence-corrected chi connectivity index (χ2v) is 4.24. The second kappa shape index (κ2) is 6.62. The predicted molar refractivity (Wildman–Crippen MR) is 60.6 cm³/mol. The molecule has 1 N–H and O–H groups in total. The first kappa shape index (κ1) is 12.2. The number of rotatable bonds is 5. The van der Waals surface area contributed by atoms with Gasteiger partial charge in [0.2, 0.25) is 0 Å². The molecule has 0 aromatic heterocycles. The van der Waals surface area contributed by atoms with E-state index in [0.717, 1.165) is 18.9 Å². The molecule has 0 heterocycles. The maximum atomic E-state index is 11.0. The van der Waals surface area contributed by atoms with Gasteiger partial charge in [0.25, 0.3) is 0 Å². The standard InChI is InChI=1S/C12H21NO2/c1-10(8-12(14)15-2)13-9-11-6-4-3-5-7-11/h3-4,10-11,13H,5-9H2,1-2H3. The summed E-state index contributed by atoms with van der Waals surface area (Å²) in [7, 11) is 1.43. The van der Waals surface area contributed by atoms with E-state index in [0.29, 0.717) is 6.42 Å². The number of nitrogens with one attached hydrogen (secondary N) is 1. The summed E-state index contributed by atoms with van der Waals surface area (Å²) >= 11 is 0. The van der Waals surface area contributed by atoms with Crippen LogP contribution in [0.1, 0.15) is 32.6 Å². The smallest absolute Gasteiger partial charge is 0.307 e. The lowest BCUT2D eigenvalue weighted by Gasteiger charge is -2.20. The van der Waals surface area contributed by atoms with Crippen LogP contribution >= 0.6 is 0 Å². The van der Waals surface area contributed by atoms with E-state index in [4.69, 9.17) is 0 Å². The Kier molecular flexibility index (Phi) is 5.40.